The largest absolute Gasteiger partial charge is 0.490 e. The molecule has 2 aromatic carbocycles. The monoisotopic (exact) mass is 582 g/mol. The van der Waals surface area contributed by atoms with E-state index in [1.54, 1.807) is 37.3 Å². The summed E-state index contributed by atoms with van der Waals surface area (Å²) in [5, 5.41) is 20.0. The van der Waals surface area contributed by atoms with Gasteiger partial charge < -0.3 is 19.9 Å². The van der Waals surface area contributed by atoms with E-state index >= 15 is 0 Å². The Morgan fingerprint density at radius 2 is 1.61 bits per heavy atom. The third-order valence-corrected chi connectivity index (χ3v) is 5.58. The lowest BCUT2D eigenvalue weighted by Gasteiger charge is -2.19. The van der Waals surface area contributed by atoms with Crippen LogP contribution in [-0.2, 0) is 11.0 Å². The number of anilines is 1. The minimum atomic E-state index is -5.08. The number of carbonyl (C=O) groups is 2. The van der Waals surface area contributed by atoms with E-state index < -0.39 is 36.0 Å². The van der Waals surface area contributed by atoms with Crippen molar-refractivity contribution in [3.05, 3.63) is 93.4 Å². The normalized spacial score (nSPS) is 12.3. The summed E-state index contributed by atoms with van der Waals surface area (Å²) in [4.78, 5) is 36.8. The molecule has 1 unspecified atom stereocenters. The third kappa shape index (κ3) is 7.41. The highest BCUT2D eigenvalue weighted by Gasteiger charge is 2.38. The van der Waals surface area contributed by atoms with Crippen molar-refractivity contribution in [2.75, 3.05) is 5.32 Å². The number of nitrogens with one attached hydrogen (secondary N) is 1. The topological polar surface area (TPSA) is 130 Å². The molecule has 0 aliphatic heterocycles. The molecule has 4 aromatic rings. The fraction of sp³-hybridized carbons (Fsp3) is 0.185. The van der Waals surface area contributed by atoms with Crippen LogP contribution in [0.2, 0.25) is 0 Å². The van der Waals surface area contributed by atoms with E-state index in [9.17, 15) is 41.0 Å². The van der Waals surface area contributed by atoms with Gasteiger partial charge in [0, 0.05) is 29.1 Å². The van der Waals surface area contributed by atoms with Crippen LogP contribution in [-0.4, -0.2) is 33.3 Å². The molecule has 4 rings (SSSR count). The zero-order chi connectivity index (χ0) is 30.7. The molecule has 0 spiro atoms. The Morgan fingerprint density at radius 3 is 2.15 bits per heavy atom. The number of hydrogen-bond acceptors (Lipinski definition) is 6. The molecule has 1 atom stereocenters. The number of nitrogens with zero attached hydrogens (tertiary/aromatic N) is 1. The van der Waals surface area contributed by atoms with Gasteiger partial charge in [0.1, 0.15) is 17.0 Å². The lowest BCUT2D eigenvalue weighted by atomic mass is 10.00. The number of aryl methyl sites for hydroxylation is 1. The molecule has 0 saturated carbocycles. The van der Waals surface area contributed by atoms with Gasteiger partial charge in [-0.15, -0.1) is 0 Å². The molecule has 41 heavy (non-hydrogen) atoms. The van der Waals surface area contributed by atoms with E-state index in [1.165, 1.54) is 18.2 Å². The fourth-order valence-electron chi connectivity index (χ4n) is 3.71. The molecule has 14 heteroatoms. The molecule has 2 aromatic heterocycles. The first kappa shape index (κ1) is 30.7. The summed E-state index contributed by atoms with van der Waals surface area (Å²) >= 11 is 0. The second-order valence-electron chi connectivity index (χ2n) is 8.66. The number of pyridine rings is 1. The van der Waals surface area contributed by atoms with Crippen LogP contribution in [0.25, 0.3) is 22.3 Å². The fourth-order valence-corrected chi connectivity index (χ4v) is 3.71. The molecular weight excluding hydrogens is 562 g/mol. The van der Waals surface area contributed by atoms with Gasteiger partial charge in [-0.1, -0.05) is 18.2 Å². The molecule has 8 nitrogen and oxygen atoms in total. The Labute approximate surface area is 226 Å². The summed E-state index contributed by atoms with van der Waals surface area (Å²) in [6.07, 6.45) is -8.66. The number of hydrogen-bond donors (Lipinski definition) is 3. The quantitative estimate of drug-likeness (QED) is 0.222. The minimum Gasteiger partial charge on any atom is -0.478 e. The summed E-state index contributed by atoms with van der Waals surface area (Å²) in [7, 11) is 0. The Hall–Kier alpha value is -4.88. The standard InChI is InChI=1S/C25H19F3N2O4.C2HF3O2/c1-13-9-17(14(2)30-19-6-4-3-5-16(19)24(32)33)23-18(10-13)20(31)11-21(34-23)15-7-8-22(29-12-15)25(26,27)28;3-2(4,5)1(6)7/h3-12,14,30H,1-2H3,(H,32,33);(H,6,7). The van der Waals surface area contributed by atoms with Crippen LogP contribution >= 0.6 is 0 Å². The van der Waals surface area contributed by atoms with Crippen LogP contribution in [0.1, 0.15) is 40.1 Å². The molecule has 0 aliphatic carbocycles. The van der Waals surface area contributed by atoms with Crippen molar-refractivity contribution < 1.29 is 50.6 Å². The molecule has 0 amide bonds. The highest BCUT2D eigenvalue weighted by Crippen LogP contribution is 2.32. The molecule has 0 radical (unpaired) electrons. The number of rotatable bonds is 5. The average Bonchev–Trinajstić information content (AvgIpc) is 2.88. The van der Waals surface area contributed by atoms with Crippen molar-refractivity contribution in [3.8, 4) is 11.3 Å². The van der Waals surface area contributed by atoms with E-state index in [-0.39, 0.29) is 27.9 Å². The number of aromatic nitrogens is 1. The highest BCUT2D eigenvalue weighted by atomic mass is 19.4. The van der Waals surface area contributed by atoms with Crippen LogP contribution in [0.3, 0.4) is 0 Å². The summed E-state index contributed by atoms with van der Waals surface area (Å²) in [6.45, 7) is 3.60. The predicted molar refractivity (Wildman–Crippen MR) is 135 cm³/mol. The molecule has 0 bridgehead atoms. The van der Waals surface area contributed by atoms with Crippen molar-refractivity contribution >= 4 is 28.6 Å². The molecule has 0 fully saturated rings. The Morgan fingerprint density at radius 1 is 0.976 bits per heavy atom. The zero-order valence-corrected chi connectivity index (χ0v) is 21.1. The van der Waals surface area contributed by atoms with Crippen LogP contribution in [0.15, 0.2) is 70.0 Å². The van der Waals surface area contributed by atoms with Crippen LogP contribution in [0.5, 0.6) is 0 Å². The zero-order valence-electron chi connectivity index (χ0n) is 21.1. The Kier molecular flexibility index (Phi) is 8.75. The van der Waals surface area contributed by atoms with Gasteiger partial charge >= 0.3 is 24.3 Å². The number of halogens is 6. The third-order valence-electron chi connectivity index (χ3n) is 5.58. The number of para-hydroxylation sites is 1. The number of aromatic carboxylic acids is 1. The second kappa shape index (κ2) is 11.7. The minimum absolute atomic E-state index is 0.0713. The molecule has 3 N–H and O–H groups in total. The smallest absolute Gasteiger partial charge is 0.478 e. The Bertz CT molecular complexity index is 1650. The van der Waals surface area contributed by atoms with Gasteiger partial charge in [-0.3, -0.25) is 9.78 Å². The summed E-state index contributed by atoms with van der Waals surface area (Å²) in [5.41, 5.74) is 0.917. The van der Waals surface area contributed by atoms with E-state index in [2.05, 4.69) is 10.3 Å². The van der Waals surface area contributed by atoms with Crippen molar-refractivity contribution in [2.24, 2.45) is 0 Å². The van der Waals surface area contributed by atoms with Crippen LogP contribution in [0.4, 0.5) is 32.0 Å². The highest BCUT2D eigenvalue weighted by molar-refractivity contribution is 5.94. The molecular formula is C27H20F6N2O6. The number of benzene rings is 2. The van der Waals surface area contributed by atoms with Gasteiger partial charge in [-0.25, -0.2) is 9.59 Å². The van der Waals surface area contributed by atoms with E-state index in [1.807, 2.05) is 6.92 Å². The van der Waals surface area contributed by atoms with Gasteiger partial charge in [0.15, 0.2) is 5.43 Å². The molecule has 216 valence electrons. The summed E-state index contributed by atoms with van der Waals surface area (Å²) < 4.78 is 76.3. The van der Waals surface area contributed by atoms with Crippen LogP contribution < -0.4 is 10.7 Å². The lowest BCUT2D eigenvalue weighted by molar-refractivity contribution is -0.192. The van der Waals surface area contributed by atoms with E-state index in [0.29, 0.717) is 16.6 Å². The number of aliphatic carboxylic acids is 1. The van der Waals surface area contributed by atoms with Gasteiger partial charge in [-0.2, -0.15) is 26.3 Å². The van der Waals surface area contributed by atoms with Gasteiger partial charge in [0.25, 0.3) is 0 Å². The number of carboxylic acids is 2. The number of carboxylic acid groups (broad SMARTS) is 2. The first-order chi connectivity index (χ1) is 19.0. The van der Waals surface area contributed by atoms with Crippen LogP contribution in [0, 0.1) is 6.92 Å². The maximum atomic E-state index is 12.9. The van der Waals surface area contributed by atoms with Crippen molar-refractivity contribution in [3.63, 3.8) is 0 Å². The first-order valence-electron chi connectivity index (χ1n) is 11.5. The van der Waals surface area contributed by atoms with Gasteiger partial charge in [0.2, 0.25) is 0 Å². The number of fused-ring (bicyclic) bond motifs is 1. The summed E-state index contributed by atoms with van der Waals surface area (Å²) in [6, 6.07) is 12.7. The maximum Gasteiger partial charge on any atom is 0.490 e. The SMILES string of the molecule is Cc1cc(C(C)Nc2ccccc2C(=O)O)c2oc(-c3ccc(C(F)(F)F)nc3)cc(=O)c2c1.O=C(O)C(F)(F)F. The first-order valence-corrected chi connectivity index (χ1v) is 11.5. The van der Waals surface area contributed by atoms with Crippen molar-refractivity contribution in [2.45, 2.75) is 32.2 Å². The molecule has 2 heterocycles. The predicted octanol–water partition coefficient (Wildman–Crippen LogP) is 6.69. The van der Waals surface area contributed by atoms with Gasteiger partial charge in [-0.05, 0) is 49.7 Å². The van der Waals surface area contributed by atoms with E-state index in [4.69, 9.17) is 14.3 Å². The Balaban J connectivity index is 0.000000587. The van der Waals surface area contributed by atoms with Crippen molar-refractivity contribution in [1.82, 2.24) is 4.98 Å². The molecule has 0 saturated heterocycles. The second-order valence-corrected chi connectivity index (χ2v) is 8.66. The lowest BCUT2D eigenvalue weighted by Crippen LogP contribution is -2.21. The van der Waals surface area contributed by atoms with E-state index in [0.717, 1.165) is 17.8 Å². The van der Waals surface area contributed by atoms with Crippen molar-refractivity contribution in [1.29, 1.82) is 0 Å². The van der Waals surface area contributed by atoms with Gasteiger partial charge in [0.05, 0.1) is 17.0 Å². The average molecular weight is 582 g/mol. The molecule has 0 aliphatic rings. The maximum absolute atomic E-state index is 12.9. The number of alkyl halides is 6. The summed E-state index contributed by atoms with van der Waals surface area (Å²) in [5.74, 6) is -3.78.